The van der Waals surface area contributed by atoms with Crippen molar-refractivity contribution in [1.29, 1.82) is 0 Å². The zero-order valence-corrected chi connectivity index (χ0v) is 22.2. The maximum atomic E-state index is 13.4. The molecule has 0 unspecified atom stereocenters. The van der Waals surface area contributed by atoms with Crippen molar-refractivity contribution in [3.8, 4) is 0 Å². The summed E-state index contributed by atoms with van der Waals surface area (Å²) in [6.45, 7) is 10.7. The van der Waals surface area contributed by atoms with E-state index in [0.29, 0.717) is 11.1 Å². The van der Waals surface area contributed by atoms with Crippen LogP contribution in [0.15, 0.2) is 54.6 Å². The largest absolute Gasteiger partial charge is 0.409 e. The first-order valence-electron chi connectivity index (χ1n) is 12.3. The highest BCUT2D eigenvalue weighted by molar-refractivity contribution is 6.74. The monoisotopic (exact) mass is 511 g/mol. The molecule has 2 amide bonds. The van der Waals surface area contributed by atoms with Crippen molar-refractivity contribution in [2.24, 2.45) is 0 Å². The molecule has 0 bridgehead atoms. The maximum absolute atomic E-state index is 13.4. The van der Waals surface area contributed by atoms with Gasteiger partial charge in [-0.2, -0.15) is 0 Å². The predicted molar refractivity (Wildman–Crippen MR) is 134 cm³/mol. The van der Waals surface area contributed by atoms with E-state index in [2.05, 4.69) is 33.9 Å². The minimum absolute atomic E-state index is 0.164. The van der Waals surface area contributed by atoms with Crippen molar-refractivity contribution < 1.29 is 33.3 Å². The van der Waals surface area contributed by atoms with E-state index in [1.54, 1.807) is 24.3 Å². The van der Waals surface area contributed by atoms with Gasteiger partial charge in [0.05, 0.1) is 23.8 Å². The van der Waals surface area contributed by atoms with Gasteiger partial charge in [-0.1, -0.05) is 63.2 Å². The fourth-order valence-electron chi connectivity index (χ4n) is 4.76. The van der Waals surface area contributed by atoms with Crippen molar-refractivity contribution in [3.05, 3.63) is 71.3 Å². The lowest BCUT2D eigenvalue weighted by atomic mass is 9.94. The Hall–Kier alpha value is -2.40. The van der Waals surface area contributed by atoms with Crippen molar-refractivity contribution in [1.82, 2.24) is 4.90 Å². The van der Waals surface area contributed by atoms with Crippen molar-refractivity contribution in [2.45, 2.75) is 75.8 Å². The molecule has 5 rings (SSSR count). The van der Waals surface area contributed by atoms with Crippen LogP contribution in [0.3, 0.4) is 0 Å². The lowest BCUT2D eigenvalue weighted by Crippen LogP contribution is -2.69. The van der Waals surface area contributed by atoms with Crippen LogP contribution >= 0.6 is 0 Å². The topological polar surface area (TPSA) is 94.5 Å². The Bertz CT molecular complexity index is 1110. The Morgan fingerprint density at radius 2 is 1.53 bits per heavy atom. The van der Waals surface area contributed by atoms with Crippen LogP contribution in [0.1, 0.15) is 53.3 Å². The van der Waals surface area contributed by atoms with Gasteiger partial charge in [-0.05, 0) is 30.3 Å². The number of rotatable bonds is 4. The third-order valence-electron chi connectivity index (χ3n) is 7.76. The Morgan fingerprint density at radius 1 is 0.944 bits per heavy atom. The standard InChI is InChI=1S/C27H33NO7Si/c1-27(2,3)36(4,5)35-22-20(28-23(29)17-13-9-10-14-18(17)24(28)30)25(31)33-19-15-32-26(34-21(19)22)16-11-7-6-8-12-16/h6-14,19-22,25-26,31H,15H2,1-5H3/t19-,20-,21-,22-,25-,26-/m1/s1. The third kappa shape index (κ3) is 4.23. The Kier molecular flexibility index (Phi) is 6.43. The molecule has 3 aliphatic heterocycles. The number of fused-ring (bicyclic) bond motifs is 2. The zero-order valence-electron chi connectivity index (χ0n) is 21.2. The molecule has 6 atom stereocenters. The van der Waals surface area contributed by atoms with Gasteiger partial charge in [0.1, 0.15) is 18.2 Å². The summed E-state index contributed by atoms with van der Waals surface area (Å²) in [6, 6.07) is 15.1. The molecule has 2 aromatic carbocycles. The fourth-order valence-corrected chi connectivity index (χ4v) is 6.07. The molecule has 2 fully saturated rings. The molecular formula is C27H33NO7Si. The number of hydrogen-bond acceptors (Lipinski definition) is 7. The van der Waals surface area contributed by atoms with Crippen molar-refractivity contribution >= 4 is 20.1 Å². The van der Waals surface area contributed by atoms with E-state index in [-0.39, 0.29) is 11.6 Å². The zero-order chi connectivity index (χ0) is 25.8. The first-order valence-corrected chi connectivity index (χ1v) is 15.2. The van der Waals surface area contributed by atoms with Crippen LogP contribution in [0.5, 0.6) is 0 Å². The molecule has 8 nitrogen and oxygen atoms in total. The second-order valence-electron chi connectivity index (χ2n) is 11.1. The van der Waals surface area contributed by atoms with Gasteiger partial charge >= 0.3 is 0 Å². The van der Waals surface area contributed by atoms with E-state index >= 15 is 0 Å². The molecule has 192 valence electrons. The Balaban J connectivity index is 1.54. The van der Waals surface area contributed by atoms with Gasteiger partial charge in [0.25, 0.3) is 11.8 Å². The minimum atomic E-state index is -2.45. The van der Waals surface area contributed by atoms with Crippen molar-refractivity contribution in [3.63, 3.8) is 0 Å². The number of aliphatic hydroxyl groups is 1. The molecule has 36 heavy (non-hydrogen) atoms. The van der Waals surface area contributed by atoms with E-state index < -0.39 is 57.1 Å². The molecule has 0 aliphatic carbocycles. The molecule has 0 radical (unpaired) electrons. The number of ether oxygens (including phenoxy) is 3. The summed E-state index contributed by atoms with van der Waals surface area (Å²) in [7, 11) is -2.45. The Morgan fingerprint density at radius 3 is 2.11 bits per heavy atom. The highest BCUT2D eigenvalue weighted by atomic mass is 28.4. The highest BCUT2D eigenvalue weighted by Crippen LogP contribution is 2.43. The summed E-state index contributed by atoms with van der Waals surface area (Å²) in [5, 5.41) is 11.0. The molecule has 2 saturated heterocycles. The molecule has 2 aromatic rings. The van der Waals surface area contributed by atoms with E-state index in [1.165, 1.54) is 0 Å². The molecule has 0 saturated carbocycles. The molecule has 1 N–H and O–H groups in total. The summed E-state index contributed by atoms with van der Waals surface area (Å²) >= 11 is 0. The first-order chi connectivity index (χ1) is 17.0. The number of amides is 2. The summed E-state index contributed by atoms with van der Waals surface area (Å²) in [4.78, 5) is 28.0. The molecule has 9 heteroatoms. The highest BCUT2D eigenvalue weighted by Gasteiger charge is 2.58. The summed E-state index contributed by atoms with van der Waals surface area (Å²) in [6.07, 6.45) is -4.22. The number of nitrogens with zero attached hydrogens (tertiary/aromatic N) is 1. The molecule has 3 aliphatic rings. The third-order valence-corrected chi connectivity index (χ3v) is 12.2. The molecule has 0 aromatic heterocycles. The summed E-state index contributed by atoms with van der Waals surface area (Å²) in [5.41, 5.74) is 1.45. The molecule has 3 heterocycles. The smallest absolute Gasteiger partial charge is 0.262 e. The predicted octanol–water partition coefficient (Wildman–Crippen LogP) is 3.87. The fraction of sp³-hybridized carbons (Fsp3) is 0.481. The second kappa shape index (κ2) is 9.16. The van der Waals surface area contributed by atoms with Gasteiger partial charge < -0.3 is 23.7 Å². The maximum Gasteiger partial charge on any atom is 0.262 e. The Labute approximate surface area is 212 Å². The van der Waals surface area contributed by atoms with Crippen LogP contribution in [0.4, 0.5) is 0 Å². The molecule has 0 spiro atoms. The second-order valence-corrected chi connectivity index (χ2v) is 15.9. The average Bonchev–Trinajstić information content (AvgIpc) is 3.09. The van der Waals surface area contributed by atoms with E-state index in [0.717, 1.165) is 10.5 Å². The SMILES string of the molecule is CC(C)(C)[Si](C)(C)O[C@H]1[C@@H]2O[C@H](c3ccccc3)OC[C@H]2O[C@@H](O)[C@@H]1N1C(=O)c2ccccc2C1=O. The van der Waals surface area contributed by atoms with Gasteiger partial charge in [0, 0.05) is 5.56 Å². The van der Waals surface area contributed by atoms with E-state index in [1.807, 2.05) is 30.3 Å². The quantitative estimate of drug-likeness (QED) is 0.492. The van der Waals surface area contributed by atoms with Crippen LogP contribution in [-0.2, 0) is 18.6 Å². The van der Waals surface area contributed by atoms with E-state index in [9.17, 15) is 14.7 Å². The van der Waals surface area contributed by atoms with Gasteiger partial charge in [-0.15, -0.1) is 0 Å². The molecular weight excluding hydrogens is 478 g/mol. The van der Waals surface area contributed by atoms with Crippen molar-refractivity contribution in [2.75, 3.05) is 6.61 Å². The van der Waals surface area contributed by atoms with Gasteiger partial charge in [0.15, 0.2) is 20.9 Å². The van der Waals surface area contributed by atoms with E-state index in [4.69, 9.17) is 18.6 Å². The van der Waals surface area contributed by atoms with Crippen LogP contribution in [-0.4, -0.2) is 67.4 Å². The number of benzene rings is 2. The van der Waals surface area contributed by atoms with Gasteiger partial charge in [0.2, 0.25) is 0 Å². The number of aliphatic hydroxyl groups excluding tert-OH is 1. The first kappa shape index (κ1) is 25.3. The lowest BCUT2D eigenvalue weighted by Gasteiger charge is -2.52. The normalized spacial score (nSPS) is 30.8. The lowest BCUT2D eigenvalue weighted by molar-refractivity contribution is -0.340. The van der Waals surface area contributed by atoms with Crippen LogP contribution < -0.4 is 0 Å². The number of carbonyl (C=O) groups is 2. The number of carbonyl (C=O) groups excluding carboxylic acids is 2. The minimum Gasteiger partial charge on any atom is -0.409 e. The van der Waals surface area contributed by atoms with Gasteiger partial charge in [-0.25, -0.2) is 0 Å². The van der Waals surface area contributed by atoms with Crippen LogP contribution in [0.2, 0.25) is 18.1 Å². The van der Waals surface area contributed by atoms with Crippen LogP contribution in [0, 0.1) is 0 Å². The average molecular weight is 512 g/mol. The number of hydrogen-bond donors (Lipinski definition) is 1. The number of imide groups is 1. The van der Waals surface area contributed by atoms with Gasteiger partial charge in [-0.3, -0.25) is 14.5 Å². The van der Waals surface area contributed by atoms with Crippen LogP contribution in [0.25, 0.3) is 0 Å². The summed E-state index contributed by atoms with van der Waals surface area (Å²) in [5.74, 6) is -0.950. The summed E-state index contributed by atoms with van der Waals surface area (Å²) < 4.78 is 25.1.